The Morgan fingerprint density at radius 1 is 1.16 bits per heavy atom. The van der Waals surface area contributed by atoms with Crippen LogP contribution in [-0.2, 0) is 12.8 Å². The number of hydrogen-bond acceptors (Lipinski definition) is 2. The average molecular weight is 549 g/mol. The molecule has 1 aromatic heterocycles. The van der Waals surface area contributed by atoms with Crippen molar-refractivity contribution in [2.45, 2.75) is 19.3 Å². The van der Waals surface area contributed by atoms with E-state index in [1.165, 1.54) is 24.6 Å². The lowest BCUT2D eigenvalue weighted by molar-refractivity contribution is 0.328. The molecule has 2 aromatic carbocycles. The standard InChI is InChI=1S/C25H32FN5.HI/c1-27-25(28-12-9-21-17-29-24-8-7-22(26)15-23(21)24)30-16-20-11-14-31(18-20)13-10-19-5-3-2-4-6-19;/h2-8,15,17,20,29H,9-14,16,18H2,1H3,(H2,27,28,30);1H. The zero-order chi connectivity index (χ0) is 21.5. The maximum Gasteiger partial charge on any atom is 0.190 e. The summed E-state index contributed by atoms with van der Waals surface area (Å²) in [6, 6.07) is 15.6. The fraction of sp³-hybridized carbons (Fsp3) is 0.400. The Labute approximate surface area is 206 Å². The van der Waals surface area contributed by atoms with E-state index in [4.69, 9.17) is 0 Å². The Hall–Kier alpha value is -2.13. The van der Waals surface area contributed by atoms with Crippen molar-refractivity contribution in [2.75, 3.05) is 39.8 Å². The molecule has 0 saturated carbocycles. The minimum atomic E-state index is -0.201. The van der Waals surface area contributed by atoms with Crippen LogP contribution in [0.2, 0.25) is 0 Å². The van der Waals surface area contributed by atoms with Crippen LogP contribution in [0.4, 0.5) is 4.39 Å². The molecule has 1 saturated heterocycles. The first-order valence-electron chi connectivity index (χ1n) is 11.2. The van der Waals surface area contributed by atoms with Gasteiger partial charge in [-0.3, -0.25) is 4.99 Å². The maximum atomic E-state index is 13.5. The smallest absolute Gasteiger partial charge is 0.190 e. The molecule has 1 atom stereocenters. The van der Waals surface area contributed by atoms with Gasteiger partial charge in [0.15, 0.2) is 5.96 Å². The summed E-state index contributed by atoms with van der Waals surface area (Å²) in [6.07, 6.45) is 5.10. The number of likely N-dealkylation sites (tertiary alicyclic amines) is 1. The van der Waals surface area contributed by atoms with E-state index < -0.39 is 0 Å². The lowest BCUT2D eigenvalue weighted by Gasteiger charge is -2.17. The molecule has 0 aliphatic carbocycles. The number of fused-ring (bicyclic) bond motifs is 1. The molecule has 0 spiro atoms. The molecule has 7 heteroatoms. The van der Waals surface area contributed by atoms with Gasteiger partial charge in [-0.15, -0.1) is 24.0 Å². The van der Waals surface area contributed by atoms with E-state index in [0.717, 1.165) is 61.4 Å². The number of rotatable bonds is 8. The van der Waals surface area contributed by atoms with Crippen molar-refractivity contribution in [1.82, 2.24) is 20.5 Å². The van der Waals surface area contributed by atoms with Gasteiger partial charge in [-0.05, 0) is 61.1 Å². The predicted molar refractivity (Wildman–Crippen MR) is 141 cm³/mol. The van der Waals surface area contributed by atoms with Gasteiger partial charge in [0.25, 0.3) is 0 Å². The molecule has 32 heavy (non-hydrogen) atoms. The highest BCUT2D eigenvalue weighted by Crippen LogP contribution is 2.19. The Bertz CT molecular complexity index is 1000. The van der Waals surface area contributed by atoms with Crippen molar-refractivity contribution in [1.29, 1.82) is 0 Å². The minimum Gasteiger partial charge on any atom is -0.361 e. The van der Waals surface area contributed by atoms with Crippen molar-refractivity contribution < 1.29 is 4.39 Å². The van der Waals surface area contributed by atoms with E-state index in [1.54, 1.807) is 19.2 Å². The van der Waals surface area contributed by atoms with Gasteiger partial charge in [0, 0.05) is 50.3 Å². The second kappa shape index (κ2) is 12.2. The van der Waals surface area contributed by atoms with Gasteiger partial charge in [0.2, 0.25) is 0 Å². The molecule has 1 fully saturated rings. The molecule has 2 heterocycles. The SMILES string of the molecule is CN=C(NCCc1c[nH]c2ccc(F)cc12)NCC1CCN(CCc2ccccc2)C1.I. The van der Waals surface area contributed by atoms with Gasteiger partial charge >= 0.3 is 0 Å². The van der Waals surface area contributed by atoms with Crippen molar-refractivity contribution in [3.63, 3.8) is 0 Å². The summed E-state index contributed by atoms with van der Waals surface area (Å²) in [6.45, 7) is 5.11. The molecule has 3 aromatic rings. The fourth-order valence-corrected chi connectivity index (χ4v) is 4.35. The number of halogens is 2. The van der Waals surface area contributed by atoms with Gasteiger partial charge in [-0.1, -0.05) is 30.3 Å². The summed E-state index contributed by atoms with van der Waals surface area (Å²) < 4.78 is 13.5. The molecule has 0 bridgehead atoms. The topological polar surface area (TPSA) is 55.5 Å². The third kappa shape index (κ3) is 6.68. The van der Waals surface area contributed by atoms with E-state index in [9.17, 15) is 4.39 Å². The summed E-state index contributed by atoms with van der Waals surface area (Å²) in [4.78, 5) is 10.1. The normalized spacial score (nSPS) is 16.8. The van der Waals surface area contributed by atoms with Crippen LogP contribution < -0.4 is 10.6 Å². The minimum absolute atomic E-state index is 0. The van der Waals surface area contributed by atoms with Crippen molar-refractivity contribution in [3.8, 4) is 0 Å². The summed E-state index contributed by atoms with van der Waals surface area (Å²) in [7, 11) is 1.80. The molecule has 0 radical (unpaired) electrons. The van der Waals surface area contributed by atoms with Crippen LogP contribution in [0.5, 0.6) is 0 Å². The van der Waals surface area contributed by atoms with E-state index in [1.807, 2.05) is 6.20 Å². The van der Waals surface area contributed by atoms with Crippen LogP contribution in [0.15, 0.2) is 59.7 Å². The number of benzene rings is 2. The van der Waals surface area contributed by atoms with E-state index in [0.29, 0.717) is 5.92 Å². The Morgan fingerprint density at radius 3 is 2.81 bits per heavy atom. The first-order valence-corrected chi connectivity index (χ1v) is 11.2. The second-order valence-electron chi connectivity index (χ2n) is 8.32. The molecule has 1 unspecified atom stereocenters. The van der Waals surface area contributed by atoms with E-state index in [2.05, 4.69) is 55.8 Å². The molecule has 1 aliphatic rings. The van der Waals surface area contributed by atoms with Crippen LogP contribution in [0.1, 0.15) is 17.5 Å². The Morgan fingerprint density at radius 2 is 2.00 bits per heavy atom. The molecule has 0 amide bonds. The number of hydrogen-bond donors (Lipinski definition) is 3. The number of aromatic amines is 1. The van der Waals surface area contributed by atoms with Gasteiger partial charge in [-0.25, -0.2) is 4.39 Å². The van der Waals surface area contributed by atoms with Gasteiger partial charge < -0.3 is 20.5 Å². The third-order valence-electron chi connectivity index (χ3n) is 6.13. The number of nitrogens with zero attached hydrogens (tertiary/aromatic N) is 2. The Kier molecular flexibility index (Phi) is 9.35. The molecular weight excluding hydrogens is 516 g/mol. The maximum absolute atomic E-state index is 13.5. The predicted octanol–water partition coefficient (Wildman–Crippen LogP) is 4.20. The van der Waals surface area contributed by atoms with Crippen LogP contribution in [-0.4, -0.2) is 55.6 Å². The monoisotopic (exact) mass is 549 g/mol. The number of guanidine groups is 1. The first-order chi connectivity index (χ1) is 15.2. The first kappa shape index (κ1) is 24.5. The van der Waals surface area contributed by atoms with E-state index >= 15 is 0 Å². The second-order valence-corrected chi connectivity index (χ2v) is 8.32. The Balaban J connectivity index is 0.00000289. The quantitative estimate of drug-likeness (QED) is 0.225. The summed E-state index contributed by atoms with van der Waals surface area (Å²) >= 11 is 0. The summed E-state index contributed by atoms with van der Waals surface area (Å²) in [5, 5.41) is 7.81. The number of nitrogens with one attached hydrogen (secondary N) is 3. The molecular formula is C25H33FIN5. The van der Waals surface area contributed by atoms with Crippen LogP contribution in [0.25, 0.3) is 10.9 Å². The highest BCUT2D eigenvalue weighted by molar-refractivity contribution is 14.0. The lowest BCUT2D eigenvalue weighted by Crippen LogP contribution is -2.41. The molecule has 172 valence electrons. The average Bonchev–Trinajstić information content (AvgIpc) is 3.42. The van der Waals surface area contributed by atoms with Crippen molar-refractivity contribution >= 4 is 40.8 Å². The zero-order valence-corrected chi connectivity index (χ0v) is 20.9. The zero-order valence-electron chi connectivity index (χ0n) is 18.6. The highest BCUT2D eigenvalue weighted by atomic mass is 127. The number of H-pyrrole nitrogens is 1. The third-order valence-corrected chi connectivity index (χ3v) is 6.13. The van der Waals surface area contributed by atoms with Gasteiger partial charge in [-0.2, -0.15) is 0 Å². The molecule has 1 aliphatic heterocycles. The largest absolute Gasteiger partial charge is 0.361 e. The summed E-state index contributed by atoms with van der Waals surface area (Å²) in [5.41, 5.74) is 3.49. The van der Waals surface area contributed by atoms with Crippen LogP contribution in [0, 0.1) is 11.7 Å². The highest BCUT2D eigenvalue weighted by Gasteiger charge is 2.22. The van der Waals surface area contributed by atoms with Crippen molar-refractivity contribution in [2.24, 2.45) is 10.9 Å². The van der Waals surface area contributed by atoms with Crippen LogP contribution >= 0.6 is 24.0 Å². The van der Waals surface area contributed by atoms with Crippen LogP contribution in [0.3, 0.4) is 0 Å². The van der Waals surface area contributed by atoms with E-state index in [-0.39, 0.29) is 29.8 Å². The fourth-order valence-electron chi connectivity index (χ4n) is 4.35. The number of aromatic nitrogens is 1. The van der Waals surface area contributed by atoms with Gasteiger partial charge in [0.05, 0.1) is 0 Å². The van der Waals surface area contributed by atoms with Gasteiger partial charge in [0.1, 0.15) is 5.82 Å². The van der Waals surface area contributed by atoms with Crippen molar-refractivity contribution in [3.05, 3.63) is 71.7 Å². The summed E-state index contributed by atoms with van der Waals surface area (Å²) in [5.74, 6) is 1.27. The number of aliphatic imine (C=N–C) groups is 1. The molecule has 3 N–H and O–H groups in total. The lowest BCUT2D eigenvalue weighted by atomic mass is 10.1. The molecule has 4 rings (SSSR count). The molecule has 5 nitrogen and oxygen atoms in total.